The van der Waals surface area contributed by atoms with Gasteiger partial charge in [0.25, 0.3) is 0 Å². The minimum absolute atomic E-state index is 0.195. The topological polar surface area (TPSA) is 120 Å². The zero-order chi connectivity index (χ0) is 31.2. The second-order valence-electron chi connectivity index (χ2n) is 12.3. The number of halogens is 1. The Balaban J connectivity index is 1.63. The first-order valence-electron chi connectivity index (χ1n) is 14.4. The normalized spacial score (nSPS) is 20.7. The molecule has 43 heavy (non-hydrogen) atoms. The highest BCUT2D eigenvalue weighted by molar-refractivity contribution is 7.99. The molecular formula is C31H38FN5O5S. The van der Waals surface area contributed by atoms with E-state index in [0.717, 1.165) is 27.0 Å². The number of ether oxygens (including phenoxy) is 2. The van der Waals surface area contributed by atoms with E-state index in [-0.39, 0.29) is 37.1 Å². The zero-order valence-corrected chi connectivity index (χ0v) is 26.2. The molecule has 0 saturated carbocycles. The molecule has 0 aliphatic carbocycles. The summed E-state index contributed by atoms with van der Waals surface area (Å²) in [6.45, 7) is 12.3. The predicted molar refractivity (Wildman–Crippen MR) is 165 cm³/mol. The van der Waals surface area contributed by atoms with Crippen molar-refractivity contribution in [3.63, 3.8) is 0 Å². The Bertz CT molecular complexity index is 1610. The molecule has 230 valence electrons. The molecule has 3 aromatic rings. The van der Waals surface area contributed by atoms with Crippen molar-refractivity contribution < 1.29 is 23.5 Å². The van der Waals surface area contributed by atoms with Crippen LogP contribution in [0, 0.1) is 12.7 Å². The summed E-state index contributed by atoms with van der Waals surface area (Å²) in [6.07, 6.45) is -0.830. The van der Waals surface area contributed by atoms with Gasteiger partial charge < -0.3 is 20.1 Å². The van der Waals surface area contributed by atoms with Crippen molar-refractivity contribution in [1.82, 2.24) is 14.5 Å². The van der Waals surface area contributed by atoms with Gasteiger partial charge in [-0.1, -0.05) is 12.1 Å². The molecule has 5 rings (SSSR count). The summed E-state index contributed by atoms with van der Waals surface area (Å²) >= 11 is 1.53. The number of thioether (sulfide) groups is 1. The average molecular weight is 612 g/mol. The number of piperazine rings is 1. The molecule has 3 atom stereocenters. The predicted octanol–water partition coefficient (Wildman–Crippen LogP) is 4.32. The van der Waals surface area contributed by atoms with Crippen LogP contribution in [-0.4, -0.2) is 75.7 Å². The van der Waals surface area contributed by atoms with E-state index in [4.69, 9.17) is 15.2 Å². The fourth-order valence-electron chi connectivity index (χ4n) is 5.95. The third kappa shape index (κ3) is 6.35. The molecule has 2 amide bonds. The molecule has 0 spiro atoms. The quantitative estimate of drug-likeness (QED) is 0.453. The summed E-state index contributed by atoms with van der Waals surface area (Å²) in [5.74, 6) is 0.0945. The van der Waals surface area contributed by atoms with Gasteiger partial charge in [0.1, 0.15) is 23.8 Å². The molecule has 2 aliphatic heterocycles. The van der Waals surface area contributed by atoms with Crippen LogP contribution in [0.4, 0.5) is 15.0 Å². The summed E-state index contributed by atoms with van der Waals surface area (Å²) in [5, 5.41) is 0.797. The molecule has 0 unspecified atom stereocenters. The lowest BCUT2D eigenvalue weighted by molar-refractivity contribution is -0.124. The van der Waals surface area contributed by atoms with E-state index in [1.165, 1.54) is 23.9 Å². The van der Waals surface area contributed by atoms with Crippen molar-refractivity contribution in [2.45, 2.75) is 76.8 Å². The van der Waals surface area contributed by atoms with E-state index in [9.17, 15) is 18.8 Å². The fourth-order valence-corrected chi connectivity index (χ4v) is 7.29. The van der Waals surface area contributed by atoms with Crippen LogP contribution < -0.4 is 16.3 Å². The smallest absolute Gasteiger partial charge is 0.410 e. The molecule has 0 bridgehead atoms. The molecule has 2 aliphatic rings. The molecule has 12 heteroatoms. The van der Waals surface area contributed by atoms with Crippen molar-refractivity contribution >= 4 is 40.5 Å². The number of anilines is 1. The molecule has 1 saturated heterocycles. The Kier molecular flexibility index (Phi) is 8.45. The van der Waals surface area contributed by atoms with Crippen molar-refractivity contribution in [2.24, 2.45) is 5.73 Å². The molecule has 2 N–H and O–H groups in total. The van der Waals surface area contributed by atoms with Crippen LogP contribution in [0.15, 0.2) is 40.0 Å². The first-order chi connectivity index (χ1) is 20.2. The monoisotopic (exact) mass is 611 g/mol. The summed E-state index contributed by atoms with van der Waals surface area (Å²) in [6, 6.07) is 7.93. The molecule has 2 aromatic carbocycles. The maximum atomic E-state index is 13.9. The van der Waals surface area contributed by atoms with Gasteiger partial charge >= 0.3 is 11.8 Å². The number of carbonyl (C=O) groups is 2. The van der Waals surface area contributed by atoms with E-state index in [1.807, 2.05) is 47.6 Å². The third-order valence-corrected chi connectivity index (χ3v) is 8.84. The van der Waals surface area contributed by atoms with Gasteiger partial charge in [0.15, 0.2) is 0 Å². The van der Waals surface area contributed by atoms with Crippen molar-refractivity contribution in [2.75, 3.05) is 30.3 Å². The summed E-state index contributed by atoms with van der Waals surface area (Å²) in [7, 11) is 0. The Hall–Kier alpha value is -3.64. The number of benzene rings is 2. The van der Waals surface area contributed by atoms with Gasteiger partial charge in [0, 0.05) is 34.7 Å². The Morgan fingerprint density at radius 3 is 2.37 bits per heavy atom. The van der Waals surface area contributed by atoms with E-state index < -0.39 is 23.3 Å². The van der Waals surface area contributed by atoms with Gasteiger partial charge in [-0.25, -0.2) is 14.0 Å². The Morgan fingerprint density at radius 2 is 1.77 bits per heavy atom. The van der Waals surface area contributed by atoms with Gasteiger partial charge in [-0.3, -0.25) is 14.3 Å². The molecule has 3 heterocycles. The summed E-state index contributed by atoms with van der Waals surface area (Å²) in [4.78, 5) is 47.5. The van der Waals surface area contributed by atoms with Crippen molar-refractivity contribution in [1.29, 1.82) is 0 Å². The standard InChI is InChI=1S/C31H38FN5O5S/c1-17-11-23-26-27(25(17)20-7-9-21(32)10-8-20)43-16-22(41-15-24(33)38)14-36(26)29(39)34-28(23)35-12-18(2)37(19(3)13-35)30(40)42-31(4,5)6/h7-11,18-19,22H,12-16H2,1-6H3,(H2,33,38)/t18-,19+,22-/m0/s1. The zero-order valence-electron chi connectivity index (χ0n) is 25.3. The number of hydrogen-bond donors (Lipinski definition) is 1. The number of hydrogen-bond acceptors (Lipinski definition) is 8. The van der Waals surface area contributed by atoms with Crippen LogP contribution in [-0.2, 0) is 20.8 Å². The maximum absolute atomic E-state index is 13.9. The van der Waals surface area contributed by atoms with Crippen molar-refractivity contribution in [3.05, 3.63) is 52.2 Å². The van der Waals surface area contributed by atoms with Crippen LogP contribution in [0.25, 0.3) is 22.0 Å². The number of nitrogens with zero attached hydrogens (tertiary/aromatic N) is 4. The number of aromatic nitrogens is 2. The number of aryl methyl sites for hydroxylation is 1. The van der Waals surface area contributed by atoms with E-state index >= 15 is 0 Å². The Labute approximate surface area is 254 Å². The van der Waals surface area contributed by atoms with E-state index in [0.29, 0.717) is 30.2 Å². The lowest BCUT2D eigenvalue weighted by Gasteiger charge is -2.45. The van der Waals surface area contributed by atoms with Crippen LogP contribution >= 0.6 is 11.8 Å². The summed E-state index contributed by atoms with van der Waals surface area (Å²) < 4.78 is 26.9. The number of nitrogens with two attached hydrogens (primary N) is 1. The number of rotatable bonds is 5. The molecular weight excluding hydrogens is 573 g/mol. The first kappa shape index (κ1) is 30.8. The first-order valence-corrected chi connectivity index (χ1v) is 15.3. The van der Waals surface area contributed by atoms with Gasteiger partial charge in [-0.15, -0.1) is 11.8 Å². The largest absolute Gasteiger partial charge is 0.444 e. The summed E-state index contributed by atoms with van der Waals surface area (Å²) in [5.41, 5.74) is 7.66. The number of carbonyl (C=O) groups excluding carboxylic acids is 2. The average Bonchev–Trinajstić information content (AvgIpc) is 3.09. The third-order valence-electron chi connectivity index (χ3n) is 7.61. The molecule has 10 nitrogen and oxygen atoms in total. The SMILES string of the molecule is Cc1cc2c(N3C[C@@H](C)N(C(=O)OC(C)(C)C)[C@@H](C)C3)nc(=O)n3c2c(c1-c1ccc(F)cc1)SC[C@@H](OCC(N)=O)C3. The lowest BCUT2D eigenvalue weighted by Crippen LogP contribution is -2.59. The molecule has 1 aromatic heterocycles. The highest BCUT2D eigenvalue weighted by Crippen LogP contribution is 2.44. The van der Waals surface area contributed by atoms with E-state index in [2.05, 4.69) is 9.88 Å². The fraction of sp³-hybridized carbons (Fsp3) is 0.484. The van der Waals surface area contributed by atoms with Crippen LogP contribution in [0.3, 0.4) is 0 Å². The van der Waals surface area contributed by atoms with Gasteiger partial charge in [0.05, 0.1) is 30.2 Å². The van der Waals surface area contributed by atoms with Crippen molar-refractivity contribution in [3.8, 4) is 11.1 Å². The minimum atomic E-state index is -0.616. The number of primary amides is 1. The molecule has 1 fully saturated rings. The van der Waals surface area contributed by atoms with Gasteiger partial charge in [-0.2, -0.15) is 4.98 Å². The lowest BCUT2D eigenvalue weighted by atomic mass is 9.97. The van der Waals surface area contributed by atoms with E-state index in [1.54, 1.807) is 21.6 Å². The highest BCUT2D eigenvalue weighted by atomic mass is 32.2. The Morgan fingerprint density at radius 1 is 1.12 bits per heavy atom. The second kappa shape index (κ2) is 11.8. The maximum Gasteiger partial charge on any atom is 0.410 e. The van der Waals surface area contributed by atoms with Crippen LogP contribution in [0.2, 0.25) is 0 Å². The van der Waals surface area contributed by atoms with Gasteiger partial charge in [0.2, 0.25) is 5.91 Å². The minimum Gasteiger partial charge on any atom is -0.444 e. The highest BCUT2D eigenvalue weighted by Gasteiger charge is 2.37. The molecule has 0 radical (unpaired) electrons. The van der Waals surface area contributed by atoms with Gasteiger partial charge in [-0.05, 0) is 70.9 Å². The number of amides is 2. The van der Waals surface area contributed by atoms with Crippen LogP contribution in [0.1, 0.15) is 40.2 Å². The van der Waals surface area contributed by atoms with Crippen LogP contribution in [0.5, 0.6) is 0 Å². The second-order valence-corrected chi connectivity index (χ2v) is 13.4.